The third kappa shape index (κ3) is 2.83. The van der Waals surface area contributed by atoms with Crippen molar-refractivity contribution in [1.29, 1.82) is 0 Å². The standard InChI is InChI=1S/C15H15N3O6/c1-8-12(15(19)24-3)13(14(18(22)23)9(2)16-8)10-6-4-5-7-11(10)17(20)21/h4-7,13,16H,1-3H3. The van der Waals surface area contributed by atoms with Crippen LogP contribution in [0.5, 0.6) is 0 Å². The molecule has 2 rings (SSSR count). The Morgan fingerprint density at radius 1 is 1.12 bits per heavy atom. The Balaban J connectivity index is 2.80. The van der Waals surface area contributed by atoms with Crippen LogP contribution in [0.15, 0.2) is 46.9 Å². The molecule has 1 aromatic rings. The highest BCUT2D eigenvalue weighted by molar-refractivity contribution is 5.92. The molecule has 24 heavy (non-hydrogen) atoms. The number of allylic oxidation sites excluding steroid dienone is 3. The number of dihydropyridines is 1. The molecule has 126 valence electrons. The molecule has 9 nitrogen and oxygen atoms in total. The van der Waals surface area contributed by atoms with Crippen molar-refractivity contribution >= 4 is 11.7 Å². The number of carbonyl (C=O) groups excluding carboxylic acids is 1. The molecule has 0 aliphatic carbocycles. The van der Waals surface area contributed by atoms with Crippen LogP contribution in [-0.4, -0.2) is 22.9 Å². The molecule has 1 aliphatic heterocycles. The predicted octanol–water partition coefficient (Wildman–Crippen LogP) is 2.24. The first kappa shape index (κ1) is 17.1. The first-order chi connectivity index (χ1) is 11.3. The third-order valence-corrected chi connectivity index (χ3v) is 3.77. The van der Waals surface area contributed by atoms with Crippen molar-refractivity contribution in [3.8, 4) is 0 Å². The van der Waals surface area contributed by atoms with Gasteiger partial charge in [0.05, 0.1) is 28.2 Å². The molecule has 1 N–H and O–H groups in total. The fourth-order valence-electron chi connectivity index (χ4n) is 2.81. The average Bonchev–Trinajstić information content (AvgIpc) is 2.52. The average molecular weight is 333 g/mol. The minimum atomic E-state index is -1.20. The maximum absolute atomic E-state index is 12.2. The smallest absolute Gasteiger partial charge is 0.336 e. The molecule has 0 bridgehead atoms. The number of methoxy groups -OCH3 is 1. The number of rotatable bonds is 4. The zero-order valence-corrected chi connectivity index (χ0v) is 13.2. The maximum atomic E-state index is 12.2. The monoisotopic (exact) mass is 333 g/mol. The van der Waals surface area contributed by atoms with E-state index in [1.165, 1.54) is 31.2 Å². The molecule has 1 aromatic carbocycles. The fourth-order valence-corrected chi connectivity index (χ4v) is 2.81. The Bertz CT molecular complexity index is 796. The zero-order chi connectivity index (χ0) is 18.0. The van der Waals surface area contributed by atoms with E-state index < -0.39 is 21.7 Å². The number of benzene rings is 1. The molecule has 9 heteroatoms. The lowest BCUT2D eigenvalue weighted by atomic mass is 9.83. The van der Waals surface area contributed by atoms with Crippen LogP contribution < -0.4 is 5.32 Å². The van der Waals surface area contributed by atoms with Crippen LogP contribution in [0.1, 0.15) is 25.3 Å². The number of nitrogens with one attached hydrogen (secondary N) is 1. The van der Waals surface area contributed by atoms with Gasteiger partial charge in [0.15, 0.2) is 0 Å². The van der Waals surface area contributed by atoms with Crippen molar-refractivity contribution in [1.82, 2.24) is 5.32 Å². The number of hydrogen-bond donors (Lipinski definition) is 1. The van der Waals surface area contributed by atoms with E-state index in [0.717, 1.165) is 7.11 Å². The van der Waals surface area contributed by atoms with Gasteiger partial charge in [-0.3, -0.25) is 20.2 Å². The van der Waals surface area contributed by atoms with Crippen molar-refractivity contribution in [3.63, 3.8) is 0 Å². The van der Waals surface area contributed by atoms with Gasteiger partial charge in [-0.2, -0.15) is 0 Å². The topological polar surface area (TPSA) is 125 Å². The van der Waals surface area contributed by atoms with Gasteiger partial charge in [0.2, 0.25) is 0 Å². The van der Waals surface area contributed by atoms with E-state index in [-0.39, 0.29) is 28.2 Å². The largest absolute Gasteiger partial charge is 0.466 e. The van der Waals surface area contributed by atoms with E-state index in [9.17, 15) is 25.0 Å². The minimum Gasteiger partial charge on any atom is -0.466 e. The number of hydrogen-bond acceptors (Lipinski definition) is 7. The molecule has 0 radical (unpaired) electrons. The lowest BCUT2D eigenvalue weighted by Crippen LogP contribution is -2.31. The summed E-state index contributed by atoms with van der Waals surface area (Å²) >= 11 is 0. The normalized spacial score (nSPS) is 17.4. The van der Waals surface area contributed by atoms with Gasteiger partial charge in [-0.1, -0.05) is 18.2 Å². The van der Waals surface area contributed by atoms with Gasteiger partial charge < -0.3 is 10.1 Å². The molecule has 1 aliphatic rings. The van der Waals surface area contributed by atoms with E-state index in [0.29, 0.717) is 5.70 Å². The molecule has 0 amide bonds. The number of para-hydroxylation sites is 1. The van der Waals surface area contributed by atoms with Crippen LogP contribution in [0, 0.1) is 20.2 Å². The Labute approximate surface area is 136 Å². The van der Waals surface area contributed by atoms with Gasteiger partial charge in [0.25, 0.3) is 11.4 Å². The predicted molar refractivity (Wildman–Crippen MR) is 83.4 cm³/mol. The second-order valence-electron chi connectivity index (χ2n) is 5.17. The maximum Gasteiger partial charge on any atom is 0.336 e. The quantitative estimate of drug-likeness (QED) is 0.509. The summed E-state index contributed by atoms with van der Waals surface area (Å²) in [6, 6.07) is 5.64. The zero-order valence-electron chi connectivity index (χ0n) is 13.2. The summed E-state index contributed by atoms with van der Waals surface area (Å²) in [4.78, 5) is 33.8. The van der Waals surface area contributed by atoms with Crippen LogP contribution in [0.4, 0.5) is 5.69 Å². The molecule has 1 heterocycles. The van der Waals surface area contributed by atoms with Crippen LogP contribution in [0.3, 0.4) is 0 Å². The van der Waals surface area contributed by atoms with Gasteiger partial charge in [0, 0.05) is 17.3 Å². The summed E-state index contributed by atoms with van der Waals surface area (Å²) < 4.78 is 4.72. The van der Waals surface area contributed by atoms with Crippen LogP contribution >= 0.6 is 0 Å². The lowest BCUT2D eigenvalue weighted by molar-refractivity contribution is -0.431. The summed E-state index contributed by atoms with van der Waals surface area (Å²) in [5.74, 6) is -1.98. The van der Waals surface area contributed by atoms with Crippen molar-refractivity contribution in [2.24, 2.45) is 0 Å². The number of carbonyl (C=O) groups is 1. The van der Waals surface area contributed by atoms with E-state index >= 15 is 0 Å². The molecule has 0 fully saturated rings. The van der Waals surface area contributed by atoms with Gasteiger partial charge in [-0.25, -0.2) is 4.79 Å². The third-order valence-electron chi connectivity index (χ3n) is 3.77. The van der Waals surface area contributed by atoms with Gasteiger partial charge in [-0.05, 0) is 13.8 Å². The van der Waals surface area contributed by atoms with Crippen molar-refractivity contribution in [3.05, 3.63) is 72.7 Å². The van der Waals surface area contributed by atoms with E-state index in [2.05, 4.69) is 5.32 Å². The summed E-state index contributed by atoms with van der Waals surface area (Å²) in [5.41, 5.74) is -0.0126. The molecule has 0 aromatic heterocycles. The first-order valence-corrected chi connectivity index (χ1v) is 6.94. The summed E-state index contributed by atoms with van der Waals surface area (Å²) in [5, 5.41) is 25.6. The van der Waals surface area contributed by atoms with Crippen molar-refractivity contribution in [2.45, 2.75) is 19.8 Å². The molecule has 1 atom stereocenters. The van der Waals surface area contributed by atoms with E-state index in [1.54, 1.807) is 6.92 Å². The van der Waals surface area contributed by atoms with Gasteiger partial charge in [0.1, 0.15) is 5.92 Å². The molecular weight excluding hydrogens is 318 g/mol. The molecular formula is C15H15N3O6. The molecule has 0 spiro atoms. The highest BCUT2D eigenvalue weighted by Gasteiger charge is 2.43. The van der Waals surface area contributed by atoms with Gasteiger partial charge in [-0.15, -0.1) is 0 Å². The molecule has 1 unspecified atom stereocenters. The van der Waals surface area contributed by atoms with E-state index in [4.69, 9.17) is 4.74 Å². The number of nitro groups is 2. The number of esters is 1. The highest BCUT2D eigenvalue weighted by atomic mass is 16.6. The van der Waals surface area contributed by atoms with Crippen molar-refractivity contribution in [2.75, 3.05) is 7.11 Å². The summed E-state index contributed by atoms with van der Waals surface area (Å²) in [6.45, 7) is 3.05. The van der Waals surface area contributed by atoms with Crippen molar-refractivity contribution < 1.29 is 19.4 Å². The Hall–Kier alpha value is -3.23. The summed E-state index contributed by atoms with van der Waals surface area (Å²) in [6.07, 6.45) is 0. The Morgan fingerprint density at radius 3 is 2.29 bits per heavy atom. The SMILES string of the molecule is COC(=O)C1=C(C)NC(C)=C([N+](=O)[O-])C1c1ccccc1[N+](=O)[O-]. The van der Waals surface area contributed by atoms with Crippen LogP contribution in [0.2, 0.25) is 0 Å². The Kier molecular flexibility index (Phi) is 4.63. The van der Waals surface area contributed by atoms with Crippen LogP contribution in [-0.2, 0) is 9.53 Å². The fraction of sp³-hybridized carbons (Fsp3) is 0.267. The first-order valence-electron chi connectivity index (χ1n) is 6.94. The number of ether oxygens (including phenoxy) is 1. The van der Waals surface area contributed by atoms with Gasteiger partial charge >= 0.3 is 5.97 Å². The molecule has 0 saturated carbocycles. The number of nitrogens with zero attached hydrogens (tertiary/aromatic N) is 2. The van der Waals surface area contributed by atoms with E-state index in [1.807, 2.05) is 0 Å². The number of nitro benzene ring substituents is 1. The Morgan fingerprint density at radius 2 is 1.75 bits per heavy atom. The molecule has 0 saturated heterocycles. The second-order valence-corrected chi connectivity index (χ2v) is 5.17. The lowest BCUT2D eigenvalue weighted by Gasteiger charge is -2.25. The van der Waals surface area contributed by atoms with Crippen LogP contribution in [0.25, 0.3) is 0 Å². The summed E-state index contributed by atoms with van der Waals surface area (Å²) in [7, 11) is 1.15. The highest BCUT2D eigenvalue weighted by Crippen LogP contribution is 2.41. The second kappa shape index (κ2) is 6.49. The minimum absolute atomic E-state index is 0.0240.